The van der Waals surface area contributed by atoms with E-state index in [1.54, 1.807) is 6.07 Å². The lowest BCUT2D eigenvalue weighted by Crippen LogP contribution is -2.32. The zero-order valence-electron chi connectivity index (χ0n) is 16.5. The average Bonchev–Trinajstić information content (AvgIpc) is 2.52. The Balaban J connectivity index is 2.48. The second kappa shape index (κ2) is 10.5. The summed E-state index contributed by atoms with van der Waals surface area (Å²) in [6.07, 6.45) is 2.91. The van der Waals surface area contributed by atoms with E-state index in [0.717, 1.165) is 17.5 Å². The van der Waals surface area contributed by atoms with Gasteiger partial charge in [0.15, 0.2) is 0 Å². The van der Waals surface area contributed by atoms with Gasteiger partial charge in [0.05, 0.1) is 18.0 Å². The lowest BCUT2D eigenvalue weighted by Gasteiger charge is -2.23. The molecule has 1 rings (SSSR count). The van der Waals surface area contributed by atoms with Gasteiger partial charge in [-0.3, -0.25) is 9.10 Å². The number of amides is 1. The van der Waals surface area contributed by atoms with E-state index in [2.05, 4.69) is 5.32 Å². The molecule has 0 aromatic heterocycles. The minimum Gasteiger partial charge on any atom is -0.379 e. The predicted molar refractivity (Wildman–Crippen MR) is 106 cm³/mol. The fourth-order valence-corrected chi connectivity index (χ4v) is 3.42. The molecule has 26 heavy (non-hydrogen) atoms. The molecule has 0 saturated heterocycles. The van der Waals surface area contributed by atoms with E-state index in [-0.39, 0.29) is 18.6 Å². The standard InChI is InChI=1S/C19H32N2O4S/c1-15(2)25-13-7-11-20-19(22)8-6-12-21(26(5,23)24)18-10-9-16(3)17(4)14-18/h9-10,14-15H,6-8,11-13H2,1-5H3,(H,20,22). The van der Waals surface area contributed by atoms with E-state index >= 15 is 0 Å². The highest BCUT2D eigenvalue weighted by molar-refractivity contribution is 7.92. The Morgan fingerprint density at radius 2 is 1.88 bits per heavy atom. The number of rotatable bonds is 11. The molecule has 0 saturated carbocycles. The number of benzene rings is 1. The van der Waals surface area contributed by atoms with Crippen molar-refractivity contribution in [2.24, 2.45) is 0 Å². The number of carbonyl (C=O) groups excluding carboxylic acids is 1. The van der Waals surface area contributed by atoms with Crippen LogP contribution in [0.4, 0.5) is 5.69 Å². The Morgan fingerprint density at radius 1 is 1.19 bits per heavy atom. The molecule has 0 fully saturated rings. The molecule has 1 aromatic rings. The Kier molecular flexibility index (Phi) is 9.08. The smallest absolute Gasteiger partial charge is 0.232 e. The van der Waals surface area contributed by atoms with Crippen molar-refractivity contribution < 1.29 is 17.9 Å². The Morgan fingerprint density at radius 3 is 2.46 bits per heavy atom. The van der Waals surface area contributed by atoms with Crippen LogP contribution in [0, 0.1) is 13.8 Å². The van der Waals surface area contributed by atoms with Crippen molar-refractivity contribution in [1.82, 2.24) is 5.32 Å². The SMILES string of the molecule is Cc1ccc(N(CCCC(=O)NCCCOC(C)C)S(C)(=O)=O)cc1C. The second-order valence-corrected chi connectivity index (χ2v) is 8.74. The van der Waals surface area contributed by atoms with Crippen LogP contribution in [0.25, 0.3) is 0 Å². The molecule has 6 nitrogen and oxygen atoms in total. The summed E-state index contributed by atoms with van der Waals surface area (Å²) in [5.41, 5.74) is 2.79. The summed E-state index contributed by atoms with van der Waals surface area (Å²) in [6.45, 7) is 9.36. The molecule has 0 heterocycles. The highest BCUT2D eigenvalue weighted by Gasteiger charge is 2.18. The molecule has 0 radical (unpaired) electrons. The lowest BCUT2D eigenvalue weighted by atomic mass is 10.1. The van der Waals surface area contributed by atoms with Crippen LogP contribution in [-0.2, 0) is 19.6 Å². The van der Waals surface area contributed by atoms with Crippen LogP contribution in [0.5, 0.6) is 0 Å². The Labute approximate surface area is 158 Å². The topological polar surface area (TPSA) is 75.7 Å². The predicted octanol–water partition coefficient (Wildman–Crippen LogP) is 2.78. The van der Waals surface area contributed by atoms with Crippen LogP contribution in [0.3, 0.4) is 0 Å². The molecular formula is C19H32N2O4S. The van der Waals surface area contributed by atoms with Crippen LogP contribution in [0.15, 0.2) is 18.2 Å². The third-order valence-corrected chi connectivity index (χ3v) is 5.23. The van der Waals surface area contributed by atoms with Gasteiger partial charge >= 0.3 is 0 Å². The van der Waals surface area contributed by atoms with Crippen molar-refractivity contribution in [3.05, 3.63) is 29.3 Å². The molecule has 0 aliphatic carbocycles. The van der Waals surface area contributed by atoms with Crippen molar-refractivity contribution in [2.75, 3.05) is 30.3 Å². The van der Waals surface area contributed by atoms with Gasteiger partial charge in [0.2, 0.25) is 15.9 Å². The fraction of sp³-hybridized carbons (Fsp3) is 0.632. The largest absolute Gasteiger partial charge is 0.379 e. The van der Waals surface area contributed by atoms with Crippen molar-refractivity contribution >= 4 is 21.6 Å². The second-order valence-electron chi connectivity index (χ2n) is 6.83. The molecule has 7 heteroatoms. The highest BCUT2D eigenvalue weighted by Crippen LogP contribution is 2.21. The summed E-state index contributed by atoms with van der Waals surface area (Å²) in [5.74, 6) is -0.0666. The molecule has 0 aliphatic heterocycles. The normalized spacial score (nSPS) is 11.6. The molecule has 148 valence electrons. The van der Waals surface area contributed by atoms with E-state index in [1.807, 2.05) is 39.8 Å². The first kappa shape index (κ1) is 22.4. The lowest BCUT2D eigenvalue weighted by molar-refractivity contribution is -0.121. The third-order valence-electron chi connectivity index (χ3n) is 4.04. The van der Waals surface area contributed by atoms with E-state index in [9.17, 15) is 13.2 Å². The number of sulfonamides is 1. The van der Waals surface area contributed by atoms with Crippen molar-refractivity contribution in [2.45, 2.75) is 53.1 Å². The molecule has 0 bridgehead atoms. The molecule has 1 aromatic carbocycles. The summed E-state index contributed by atoms with van der Waals surface area (Å²) >= 11 is 0. The maximum absolute atomic E-state index is 12.1. The molecule has 0 aliphatic rings. The van der Waals surface area contributed by atoms with Crippen LogP contribution in [0.1, 0.15) is 44.2 Å². The fourth-order valence-electron chi connectivity index (χ4n) is 2.46. The van der Waals surface area contributed by atoms with Crippen LogP contribution in [0.2, 0.25) is 0 Å². The van der Waals surface area contributed by atoms with E-state index in [0.29, 0.717) is 31.7 Å². The third kappa shape index (κ3) is 8.19. The quantitative estimate of drug-likeness (QED) is 0.595. The van der Waals surface area contributed by atoms with Crippen LogP contribution >= 0.6 is 0 Å². The van der Waals surface area contributed by atoms with Crippen molar-refractivity contribution in [1.29, 1.82) is 0 Å². The first-order chi connectivity index (χ1) is 12.1. The summed E-state index contributed by atoms with van der Waals surface area (Å²) in [4.78, 5) is 11.9. The number of nitrogens with zero attached hydrogens (tertiary/aromatic N) is 1. The van der Waals surface area contributed by atoms with E-state index in [4.69, 9.17) is 4.74 Å². The molecule has 0 atom stereocenters. The number of aryl methyl sites for hydroxylation is 2. The zero-order valence-corrected chi connectivity index (χ0v) is 17.4. The summed E-state index contributed by atoms with van der Waals surface area (Å²) < 4.78 is 31.0. The first-order valence-corrected chi connectivity index (χ1v) is 10.9. The van der Waals surface area contributed by atoms with Gasteiger partial charge in [0, 0.05) is 26.1 Å². The number of hydrogen-bond donors (Lipinski definition) is 1. The average molecular weight is 385 g/mol. The number of ether oxygens (including phenoxy) is 1. The van der Waals surface area contributed by atoms with Gasteiger partial charge in [0.1, 0.15) is 0 Å². The van der Waals surface area contributed by atoms with Gasteiger partial charge in [-0.2, -0.15) is 0 Å². The Hall–Kier alpha value is -1.60. The molecule has 1 N–H and O–H groups in total. The first-order valence-electron chi connectivity index (χ1n) is 9.04. The minimum atomic E-state index is -3.39. The summed E-state index contributed by atoms with van der Waals surface area (Å²) in [7, 11) is -3.39. The highest BCUT2D eigenvalue weighted by atomic mass is 32.2. The van der Waals surface area contributed by atoms with Crippen molar-refractivity contribution in [3.63, 3.8) is 0 Å². The zero-order chi connectivity index (χ0) is 19.7. The maximum atomic E-state index is 12.1. The van der Waals surface area contributed by atoms with E-state index in [1.165, 1.54) is 10.6 Å². The van der Waals surface area contributed by atoms with Gasteiger partial charge in [-0.05, 0) is 63.8 Å². The Bertz CT molecular complexity index is 687. The number of hydrogen-bond acceptors (Lipinski definition) is 4. The maximum Gasteiger partial charge on any atom is 0.232 e. The number of anilines is 1. The van der Waals surface area contributed by atoms with Gasteiger partial charge < -0.3 is 10.1 Å². The summed E-state index contributed by atoms with van der Waals surface area (Å²) in [5, 5.41) is 2.84. The molecule has 0 spiro atoms. The molecule has 1 amide bonds. The monoisotopic (exact) mass is 384 g/mol. The minimum absolute atomic E-state index is 0.0666. The van der Waals surface area contributed by atoms with Gasteiger partial charge in [-0.15, -0.1) is 0 Å². The molecule has 0 unspecified atom stereocenters. The van der Waals surface area contributed by atoms with Gasteiger partial charge in [0.25, 0.3) is 0 Å². The van der Waals surface area contributed by atoms with Crippen LogP contribution < -0.4 is 9.62 Å². The van der Waals surface area contributed by atoms with Crippen LogP contribution in [-0.4, -0.2) is 46.4 Å². The number of carbonyl (C=O) groups is 1. The number of nitrogens with one attached hydrogen (secondary N) is 1. The van der Waals surface area contributed by atoms with Crippen molar-refractivity contribution in [3.8, 4) is 0 Å². The molecular weight excluding hydrogens is 352 g/mol. The van der Waals surface area contributed by atoms with E-state index < -0.39 is 10.0 Å². The van der Waals surface area contributed by atoms with Gasteiger partial charge in [-0.1, -0.05) is 6.07 Å². The summed E-state index contributed by atoms with van der Waals surface area (Å²) in [6, 6.07) is 5.58. The van der Waals surface area contributed by atoms with Gasteiger partial charge in [-0.25, -0.2) is 8.42 Å².